The molecule has 0 unspecified atom stereocenters. The molecule has 182 valence electrons. The van der Waals surface area contributed by atoms with E-state index in [2.05, 4.69) is 89.6 Å². The van der Waals surface area contributed by atoms with E-state index in [4.69, 9.17) is 17.0 Å². The van der Waals surface area contributed by atoms with E-state index < -0.39 is 0 Å². The summed E-state index contributed by atoms with van der Waals surface area (Å²) in [5, 5.41) is 3.38. The third-order valence-corrected chi connectivity index (χ3v) is 6.48. The van der Waals surface area contributed by atoms with Crippen LogP contribution in [0.15, 0.2) is 84.9 Å². The Balaban J connectivity index is 1.34. The van der Waals surface area contributed by atoms with Crippen molar-refractivity contribution in [3.63, 3.8) is 0 Å². The molecule has 0 bridgehead atoms. The van der Waals surface area contributed by atoms with Gasteiger partial charge >= 0.3 is 0 Å². The molecule has 1 aliphatic heterocycles. The molecule has 5 nitrogen and oxygen atoms in total. The fourth-order valence-corrected chi connectivity index (χ4v) is 4.56. The zero-order valence-electron chi connectivity index (χ0n) is 20.4. The Morgan fingerprint density at radius 2 is 1.40 bits per heavy atom. The number of nitrogens with one attached hydrogen (secondary N) is 1. The molecular formula is C29H33N3O2S. The van der Waals surface area contributed by atoms with E-state index >= 15 is 0 Å². The van der Waals surface area contributed by atoms with Gasteiger partial charge in [0, 0.05) is 31.7 Å². The highest BCUT2D eigenvalue weighted by Gasteiger charge is 2.27. The molecule has 1 fully saturated rings. The third-order valence-electron chi connectivity index (χ3n) is 6.12. The zero-order valence-corrected chi connectivity index (χ0v) is 21.2. The van der Waals surface area contributed by atoms with Crippen LogP contribution in [0.1, 0.15) is 41.4 Å². The van der Waals surface area contributed by atoms with Crippen LogP contribution in [0.25, 0.3) is 0 Å². The van der Waals surface area contributed by atoms with E-state index in [0.717, 1.165) is 31.9 Å². The second kappa shape index (κ2) is 12.0. The van der Waals surface area contributed by atoms with Crippen molar-refractivity contribution in [3.8, 4) is 5.75 Å². The van der Waals surface area contributed by atoms with Crippen LogP contribution in [0.3, 0.4) is 0 Å². The molecule has 1 amide bonds. The minimum Gasteiger partial charge on any atom is -0.493 e. The van der Waals surface area contributed by atoms with Crippen molar-refractivity contribution < 1.29 is 9.53 Å². The van der Waals surface area contributed by atoms with Crippen molar-refractivity contribution in [2.45, 2.75) is 19.9 Å². The van der Waals surface area contributed by atoms with Crippen molar-refractivity contribution in [1.82, 2.24) is 15.1 Å². The fraction of sp³-hybridized carbons (Fsp3) is 0.310. The number of nitrogens with zero attached hydrogens (tertiary/aromatic N) is 2. The van der Waals surface area contributed by atoms with E-state index in [1.807, 2.05) is 12.1 Å². The van der Waals surface area contributed by atoms with E-state index in [0.29, 0.717) is 23.2 Å². The van der Waals surface area contributed by atoms with Gasteiger partial charge in [0.25, 0.3) is 5.91 Å². The smallest absolute Gasteiger partial charge is 0.257 e. The quantitative estimate of drug-likeness (QED) is 0.468. The van der Waals surface area contributed by atoms with Crippen LogP contribution in [0.2, 0.25) is 0 Å². The van der Waals surface area contributed by atoms with E-state index in [1.54, 1.807) is 12.1 Å². The van der Waals surface area contributed by atoms with Gasteiger partial charge in [-0.3, -0.25) is 15.0 Å². The van der Waals surface area contributed by atoms with E-state index in [1.165, 1.54) is 11.1 Å². The molecule has 1 saturated heterocycles. The first kappa shape index (κ1) is 24.9. The summed E-state index contributed by atoms with van der Waals surface area (Å²) in [5.41, 5.74) is 3.13. The van der Waals surface area contributed by atoms with Crippen molar-refractivity contribution in [2.24, 2.45) is 5.92 Å². The number of rotatable bonds is 7. The molecule has 0 atom stereocenters. The molecule has 0 saturated carbocycles. The summed E-state index contributed by atoms with van der Waals surface area (Å²) in [7, 11) is 0. The van der Waals surface area contributed by atoms with Crippen LogP contribution >= 0.6 is 12.2 Å². The Bertz CT molecular complexity index is 1060. The highest BCUT2D eigenvalue weighted by atomic mass is 32.1. The number of hydrogen-bond acceptors (Lipinski definition) is 4. The number of benzene rings is 3. The van der Waals surface area contributed by atoms with Crippen LogP contribution in [0.4, 0.5) is 0 Å². The molecule has 1 N–H and O–H groups in total. The van der Waals surface area contributed by atoms with Crippen molar-refractivity contribution in [1.29, 1.82) is 0 Å². The number of thiocarbonyl (C=S) groups is 1. The largest absolute Gasteiger partial charge is 0.493 e. The van der Waals surface area contributed by atoms with Crippen molar-refractivity contribution in [3.05, 3.63) is 102 Å². The summed E-state index contributed by atoms with van der Waals surface area (Å²) >= 11 is 5.59. The third kappa shape index (κ3) is 6.68. The number of hydrogen-bond donors (Lipinski definition) is 1. The van der Waals surface area contributed by atoms with Gasteiger partial charge in [-0.2, -0.15) is 0 Å². The second-order valence-electron chi connectivity index (χ2n) is 9.24. The summed E-state index contributed by atoms with van der Waals surface area (Å²) in [5.74, 6) is 1.02. The first-order chi connectivity index (χ1) is 17.0. The lowest BCUT2D eigenvalue weighted by Crippen LogP contribution is -2.53. The highest BCUT2D eigenvalue weighted by Crippen LogP contribution is 2.29. The maximum absolute atomic E-state index is 12.7. The highest BCUT2D eigenvalue weighted by molar-refractivity contribution is 7.80. The average molecular weight is 488 g/mol. The van der Waals surface area contributed by atoms with Gasteiger partial charge in [-0.05, 0) is 53.5 Å². The van der Waals surface area contributed by atoms with E-state index in [-0.39, 0.29) is 11.9 Å². The molecule has 0 aromatic heterocycles. The molecule has 35 heavy (non-hydrogen) atoms. The minimum absolute atomic E-state index is 0.194. The lowest BCUT2D eigenvalue weighted by atomic mass is 9.96. The van der Waals surface area contributed by atoms with Gasteiger partial charge in [-0.1, -0.05) is 74.5 Å². The Morgan fingerprint density at radius 3 is 1.91 bits per heavy atom. The first-order valence-corrected chi connectivity index (χ1v) is 12.6. The molecule has 1 heterocycles. The average Bonchev–Trinajstić information content (AvgIpc) is 2.89. The Labute approximate surface area is 213 Å². The minimum atomic E-state index is -0.195. The maximum Gasteiger partial charge on any atom is 0.257 e. The van der Waals surface area contributed by atoms with Crippen LogP contribution < -0.4 is 10.1 Å². The van der Waals surface area contributed by atoms with Gasteiger partial charge in [-0.15, -0.1) is 0 Å². The van der Waals surface area contributed by atoms with Gasteiger partial charge in [0.15, 0.2) is 5.11 Å². The summed E-state index contributed by atoms with van der Waals surface area (Å²) in [6.07, 6.45) is 0. The topological polar surface area (TPSA) is 44.8 Å². The molecule has 0 aliphatic carbocycles. The second-order valence-corrected chi connectivity index (χ2v) is 9.62. The molecule has 6 heteroatoms. The van der Waals surface area contributed by atoms with Gasteiger partial charge in [0.2, 0.25) is 0 Å². The number of piperazine rings is 1. The summed E-state index contributed by atoms with van der Waals surface area (Å²) in [4.78, 5) is 17.3. The number of amides is 1. The molecule has 0 spiro atoms. The predicted octanol–water partition coefficient (Wildman–Crippen LogP) is 5.14. The lowest BCUT2D eigenvalue weighted by molar-refractivity contribution is 0.0967. The standard InChI is InChI=1S/C29H33N3O2S/c1-22(2)21-34-26-15-13-25(14-16-26)28(33)30-29(35)32-19-17-31(18-20-32)27(23-9-5-3-6-10-23)24-11-7-4-8-12-24/h3-16,22,27H,17-21H2,1-2H3,(H,30,33,35). The SMILES string of the molecule is CC(C)COc1ccc(C(=O)NC(=S)N2CCN(C(c3ccccc3)c3ccccc3)CC2)cc1. The van der Waals surface area contributed by atoms with Gasteiger partial charge in [0.1, 0.15) is 5.75 Å². The summed E-state index contributed by atoms with van der Waals surface area (Å²) < 4.78 is 5.70. The number of ether oxygens (including phenoxy) is 1. The zero-order chi connectivity index (χ0) is 24.6. The van der Waals surface area contributed by atoms with Crippen LogP contribution in [0.5, 0.6) is 5.75 Å². The van der Waals surface area contributed by atoms with Crippen LogP contribution in [0, 0.1) is 5.92 Å². The molecular weight excluding hydrogens is 454 g/mol. The Morgan fingerprint density at radius 1 is 0.857 bits per heavy atom. The van der Waals surface area contributed by atoms with Crippen molar-refractivity contribution >= 4 is 23.2 Å². The molecule has 1 aliphatic rings. The lowest BCUT2D eigenvalue weighted by Gasteiger charge is -2.40. The molecule has 3 aromatic carbocycles. The van der Waals surface area contributed by atoms with Crippen LogP contribution in [-0.2, 0) is 0 Å². The summed E-state index contributed by atoms with van der Waals surface area (Å²) in [6.45, 7) is 8.09. The van der Waals surface area contributed by atoms with Crippen molar-refractivity contribution in [2.75, 3.05) is 32.8 Å². The first-order valence-electron chi connectivity index (χ1n) is 12.2. The Kier molecular flexibility index (Phi) is 8.50. The summed E-state index contributed by atoms with van der Waals surface area (Å²) in [6, 6.07) is 28.6. The van der Waals surface area contributed by atoms with Gasteiger partial charge in [-0.25, -0.2) is 0 Å². The number of carbonyl (C=O) groups excluding carboxylic acids is 1. The monoisotopic (exact) mass is 487 g/mol. The van der Waals surface area contributed by atoms with E-state index in [9.17, 15) is 4.79 Å². The fourth-order valence-electron chi connectivity index (χ4n) is 4.28. The Hall–Kier alpha value is -3.22. The molecule has 4 rings (SSSR count). The normalized spacial score (nSPS) is 14.2. The number of carbonyl (C=O) groups is 1. The molecule has 0 radical (unpaired) electrons. The molecule has 3 aromatic rings. The predicted molar refractivity (Wildman–Crippen MR) is 145 cm³/mol. The van der Waals surface area contributed by atoms with Gasteiger partial charge in [0.05, 0.1) is 12.6 Å². The van der Waals surface area contributed by atoms with Crippen LogP contribution in [-0.4, -0.2) is 53.6 Å². The van der Waals surface area contributed by atoms with Gasteiger partial charge < -0.3 is 9.64 Å². The maximum atomic E-state index is 12.7.